The number of nitrogens with one attached hydrogen (secondary N) is 1. The molecule has 0 aromatic carbocycles. The SMILES string of the molecule is Cn1ncc2c1CCCC2NC(=O)CCC(C)(C)N. The maximum Gasteiger partial charge on any atom is 0.220 e. The van der Waals surface area contributed by atoms with E-state index in [1.54, 1.807) is 0 Å². The summed E-state index contributed by atoms with van der Waals surface area (Å²) in [6.07, 6.45) is 6.21. The minimum absolute atomic E-state index is 0.0835. The second kappa shape index (κ2) is 5.33. The molecule has 0 fully saturated rings. The van der Waals surface area contributed by atoms with Gasteiger partial charge >= 0.3 is 0 Å². The summed E-state index contributed by atoms with van der Waals surface area (Å²) in [6, 6.07) is 0.117. The minimum atomic E-state index is -0.288. The van der Waals surface area contributed by atoms with Gasteiger partial charge in [0.1, 0.15) is 0 Å². The zero-order valence-electron chi connectivity index (χ0n) is 12.1. The molecule has 0 saturated heterocycles. The monoisotopic (exact) mass is 264 g/mol. The average molecular weight is 264 g/mol. The first-order chi connectivity index (χ1) is 8.87. The molecule has 1 aromatic rings. The van der Waals surface area contributed by atoms with Crippen LogP contribution in [-0.2, 0) is 18.3 Å². The molecule has 5 heteroatoms. The molecule has 2 rings (SSSR count). The third-order valence-electron chi connectivity index (χ3n) is 3.71. The molecule has 1 amide bonds. The van der Waals surface area contributed by atoms with Gasteiger partial charge in [0.05, 0.1) is 12.2 Å². The Morgan fingerprint density at radius 2 is 2.37 bits per heavy atom. The van der Waals surface area contributed by atoms with Gasteiger partial charge < -0.3 is 11.1 Å². The highest BCUT2D eigenvalue weighted by molar-refractivity contribution is 5.76. The molecule has 106 valence electrons. The van der Waals surface area contributed by atoms with Crippen LogP contribution in [0.4, 0.5) is 0 Å². The van der Waals surface area contributed by atoms with E-state index in [4.69, 9.17) is 5.73 Å². The third-order valence-corrected chi connectivity index (χ3v) is 3.71. The van der Waals surface area contributed by atoms with Crippen molar-refractivity contribution in [3.63, 3.8) is 0 Å². The molecule has 1 aromatic heterocycles. The van der Waals surface area contributed by atoms with Gasteiger partial charge in [0.2, 0.25) is 5.91 Å². The van der Waals surface area contributed by atoms with Gasteiger partial charge in [-0.3, -0.25) is 9.48 Å². The number of nitrogens with two attached hydrogens (primary N) is 1. The first-order valence-electron chi connectivity index (χ1n) is 6.96. The lowest BCUT2D eigenvalue weighted by Crippen LogP contribution is -2.36. The van der Waals surface area contributed by atoms with Crippen LogP contribution in [0.2, 0.25) is 0 Å². The smallest absolute Gasteiger partial charge is 0.220 e. The van der Waals surface area contributed by atoms with E-state index in [1.807, 2.05) is 31.8 Å². The summed E-state index contributed by atoms with van der Waals surface area (Å²) in [7, 11) is 1.96. The van der Waals surface area contributed by atoms with E-state index < -0.39 is 0 Å². The van der Waals surface area contributed by atoms with Crippen molar-refractivity contribution in [2.24, 2.45) is 12.8 Å². The number of rotatable bonds is 4. The van der Waals surface area contributed by atoms with Gasteiger partial charge in [0, 0.05) is 30.3 Å². The average Bonchev–Trinajstić information content (AvgIpc) is 2.69. The first-order valence-corrected chi connectivity index (χ1v) is 6.96. The van der Waals surface area contributed by atoms with E-state index in [1.165, 1.54) is 11.3 Å². The van der Waals surface area contributed by atoms with Crippen LogP contribution in [0.15, 0.2) is 6.20 Å². The summed E-state index contributed by atoms with van der Waals surface area (Å²) in [5.41, 5.74) is 8.04. The maximum absolute atomic E-state index is 12.0. The Labute approximate surface area is 114 Å². The Hall–Kier alpha value is -1.36. The van der Waals surface area contributed by atoms with Gasteiger partial charge in [-0.05, 0) is 39.5 Å². The molecule has 1 atom stereocenters. The number of carbonyl (C=O) groups excluding carboxylic acids is 1. The number of nitrogens with zero attached hydrogens (tertiary/aromatic N) is 2. The predicted octanol–water partition coefficient (Wildman–Crippen LogP) is 1.43. The zero-order chi connectivity index (χ0) is 14.0. The molecule has 0 aliphatic heterocycles. The summed E-state index contributed by atoms with van der Waals surface area (Å²) in [5, 5.41) is 7.40. The number of amides is 1. The lowest BCUT2D eigenvalue weighted by atomic mass is 9.92. The highest BCUT2D eigenvalue weighted by Crippen LogP contribution is 2.29. The van der Waals surface area contributed by atoms with Crippen LogP contribution < -0.4 is 11.1 Å². The van der Waals surface area contributed by atoms with E-state index >= 15 is 0 Å². The minimum Gasteiger partial charge on any atom is -0.349 e. The topological polar surface area (TPSA) is 72.9 Å². The van der Waals surface area contributed by atoms with Gasteiger partial charge in [0.15, 0.2) is 0 Å². The Kier molecular flexibility index (Phi) is 3.94. The van der Waals surface area contributed by atoms with Crippen molar-refractivity contribution in [2.75, 3.05) is 0 Å². The summed E-state index contributed by atoms with van der Waals surface area (Å²) in [5.74, 6) is 0.0835. The van der Waals surface area contributed by atoms with Crippen LogP contribution >= 0.6 is 0 Å². The Bertz CT molecular complexity index is 459. The molecule has 1 aliphatic carbocycles. The summed E-state index contributed by atoms with van der Waals surface area (Å²) < 4.78 is 1.91. The fourth-order valence-electron chi connectivity index (χ4n) is 2.56. The zero-order valence-corrected chi connectivity index (χ0v) is 12.1. The van der Waals surface area contributed by atoms with Crippen LogP contribution in [0.5, 0.6) is 0 Å². The van der Waals surface area contributed by atoms with Crippen LogP contribution in [-0.4, -0.2) is 21.2 Å². The van der Waals surface area contributed by atoms with E-state index in [9.17, 15) is 4.79 Å². The van der Waals surface area contributed by atoms with Crippen molar-refractivity contribution in [2.45, 2.75) is 57.5 Å². The van der Waals surface area contributed by atoms with E-state index in [0.29, 0.717) is 12.8 Å². The van der Waals surface area contributed by atoms with Gasteiger partial charge in [-0.25, -0.2) is 0 Å². The Morgan fingerprint density at radius 3 is 3.05 bits per heavy atom. The molecule has 0 saturated carbocycles. The van der Waals surface area contributed by atoms with Crippen LogP contribution in [0.3, 0.4) is 0 Å². The van der Waals surface area contributed by atoms with Gasteiger partial charge in [-0.1, -0.05) is 0 Å². The number of aromatic nitrogens is 2. The van der Waals surface area contributed by atoms with Gasteiger partial charge in [-0.2, -0.15) is 5.10 Å². The second-order valence-electron chi connectivity index (χ2n) is 6.17. The first kappa shape index (κ1) is 14.1. The maximum atomic E-state index is 12.0. The van der Waals surface area contributed by atoms with Gasteiger partial charge in [0.25, 0.3) is 0 Å². The Balaban J connectivity index is 1.95. The second-order valence-corrected chi connectivity index (χ2v) is 6.17. The molecule has 1 heterocycles. The van der Waals surface area contributed by atoms with Crippen molar-refractivity contribution in [3.8, 4) is 0 Å². The number of hydrogen-bond acceptors (Lipinski definition) is 3. The molecule has 3 N–H and O–H groups in total. The largest absolute Gasteiger partial charge is 0.349 e. The van der Waals surface area contributed by atoms with Crippen LogP contribution in [0.1, 0.15) is 56.8 Å². The lowest BCUT2D eigenvalue weighted by molar-refractivity contribution is -0.122. The van der Waals surface area contributed by atoms with Crippen molar-refractivity contribution in [1.82, 2.24) is 15.1 Å². The van der Waals surface area contributed by atoms with Crippen molar-refractivity contribution < 1.29 is 4.79 Å². The van der Waals surface area contributed by atoms with E-state index in [2.05, 4.69) is 10.4 Å². The molecule has 5 nitrogen and oxygen atoms in total. The summed E-state index contributed by atoms with van der Waals surface area (Å²) in [4.78, 5) is 12.0. The van der Waals surface area contributed by atoms with Crippen molar-refractivity contribution in [3.05, 3.63) is 17.5 Å². The highest BCUT2D eigenvalue weighted by Gasteiger charge is 2.25. The molecule has 1 aliphatic rings. The van der Waals surface area contributed by atoms with Crippen LogP contribution in [0.25, 0.3) is 0 Å². The Morgan fingerprint density at radius 1 is 1.63 bits per heavy atom. The number of aryl methyl sites for hydroxylation is 1. The van der Waals surface area contributed by atoms with Crippen molar-refractivity contribution >= 4 is 5.91 Å². The molecule has 0 bridgehead atoms. The van der Waals surface area contributed by atoms with Crippen LogP contribution in [0, 0.1) is 0 Å². The van der Waals surface area contributed by atoms with Crippen molar-refractivity contribution in [1.29, 1.82) is 0 Å². The standard InChI is InChI=1S/C14H24N4O/c1-14(2,15)8-7-13(19)17-11-5-4-6-12-10(11)9-16-18(12)3/h9,11H,4-8,15H2,1-3H3,(H,17,19). The molecule has 0 radical (unpaired) electrons. The third kappa shape index (κ3) is 3.56. The molecule has 1 unspecified atom stereocenters. The van der Waals surface area contributed by atoms with E-state index in [-0.39, 0.29) is 17.5 Å². The molecular formula is C14H24N4O. The fraction of sp³-hybridized carbons (Fsp3) is 0.714. The highest BCUT2D eigenvalue weighted by atomic mass is 16.1. The number of hydrogen-bond donors (Lipinski definition) is 2. The number of fused-ring (bicyclic) bond motifs is 1. The quantitative estimate of drug-likeness (QED) is 0.864. The molecule has 0 spiro atoms. The number of carbonyl (C=O) groups is 1. The van der Waals surface area contributed by atoms with E-state index in [0.717, 1.165) is 19.3 Å². The van der Waals surface area contributed by atoms with Gasteiger partial charge in [-0.15, -0.1) is 0 Å². The molecular weight excluding hydrogens is 240 g/mol. The normalized spacial score (nSPS) is 19.1. The lowest BCUT2D eigenvalue weighted by Gasteiger charge is -2.24. The summed E-state index contributed by atoms with van der Waals surface area (Å²) in [6.45, 7) is 3.89. The molecule has 19 heavy (non-hydrogen) atoms. The summed E-state index contributed by atoms with van der Waals surface area (Å²) >= 11 is 0. The predicted molar refractivity (Wildman–Crippen MR) is 74.5 cm³/mol. The fourth-order valence-corrected chi connectivity index (χ4v) is 2.56.